The van der Waals surface area contributed by atoms with Crippen LogP contribution in [0.2, 0.25) is 0 Å². The van der Waals surface area contributed by atoms with Crippen molar-refractivity contribution in [1.82, 2.24) is 0 Å². The number of carbonyl (C=O) groups is 1. The van der Waals surface area contributed by atoms with Crippen LogP contribution in [0.25, 0.3) is 0 Å². The van der Waals surface area contributed by atoms with E-state index in [2.05, 4.69) is 64.9 Å². The van der Waals surface area contributed by atoms with Gasteiger partial charge in [-0.1, -0.05) is 61.0 Å². The van der Waals surface area contributed by atoms with Crippen molar-refractivity contribution in [3.05, 3.63) is 11.1 Å². The molecule has 9 atom stereocenters. The first-order valence-corrected chi connectivity index (χ1v) is 14.4. The Labute approximate surface area is 205 Å². The topological polar surface area (TPSA) is 26.3 Å². The fourth-order valence-electron chi connectivity index (χ4n) is 11.1. The Morgan fingerprint density at radius 2 is 1.55 bits per heavy atom. The quantitative estimate of drug-likeness (QED) is 0.379. The molecule has 0 heterocycles. The molecule has 5 aliphatic rings. The predicted molar refractivity (Wildman–Crippen MR) is 140 cm³/mol. The molecule has 4 saturated carbocycles. The molecule has 0 bridgehead atoms. The van der Waals surface area contributed by atoms with Crippen molar-refractivity contribution in [2.75, 3.05) is 0 Å². The maximum absolute atomic E-state index is 13.2. The highest BCUT2D eigenvalue weighted by Gasteiger charge is 2.69. The molecule has 0 aromatic carbocycles. The summed E-state index contributed by atoms with van der Waals surface area (Å²) in [5.74, 6) is 2.93. The first-order valence-electron chi connectivity index (χ1n) is 13.9. The van der Waals surface area contributed by atoms with E-state index < -0.39 is 0 Å². The molecule has 4 fully saturated rings. The molecule has 186 valence electrons. The first kappa shape index (κ1) is 24.5. The summed E-state index contributed by atoms with van der Waals surface area (Å²) >= 11 is 0. The smallest absolute Gasteiger partial charge is 0.159 e. The van der Waals surface area contributed by atoms with E-state index in [0.717, 1.165) is 18.3 Å². The lowest BCUT2D eigenvalue weighted by Crippen LogP contribution is -2.65. The number of Topliss-reactive ketones (excluding diaryl/α,β-unsaturated/α-hetero) is 1. The predicted octanol–water partition coefficient (Wildman–Crippen LogP) is 8.16. The second kappa shape index (κ2) is 7.41. The molecular weight excluding hydrogens is 423 g/mol. The van der Waals surface area contributed by atoms with E-state index in [1.54, 1.807) is 5.57 Å². The van der Waals surface area contributed by atoms with Crippen LogP contribution in [0, 0.1) is 50.7 Å². The van der Waals surface area contributed by atoms with Crippen molar-refractivity contribution in [2.45, 2.75) is 119 Å². The molecule has 33 heavy (non-hydrogen) atoms. The Kier molecular flexibility index (Phi) is 5.50. The largest absolute Gasteiger partial charge is 0.362 e. The Hall–Kier alpha value is -0.200. The number of hydrogen-bond acceptors (Lipinski definition) is 2. The molecular formula is C30H49O2P. The van der Waals surface area contributed by atoms with Gasteiger partial charge in [0, 0.05) is 15.9 Å². The van der Waals surface area contributed by atoms with Crippen molar-refractivity contribution in [3.8, 4) is 0 Å². The van der Waals surface area contributed by atoms with Gasteiger partial charge in [-0.3, -0.25) is 4.79 Å². The van der Waals surface area contributed by atoms with E-state index in [1.807, 2.05) is 0 Å². The summed E-state index contributed by atoms with van der Waals surface area (Å²) in [6.45, 7) is 19.9. The van der Waals surface area contributed by atoms with E-state index in [1.165, 1.54) is 56.9 Å². The van der Waals surface area contributed by atoms with Gasteiger partial charge in [0.15, 0.2) is 5.78 Å². The second-order valence-electron chi connectivity index (χ2n) is 14.7. The minimum absolute atomic E-state index is 0.126. The fraction of sp³-hybridized carbons (Fsp3) is 0.900. The van der Waals surface area contributed by atoms with E-state index >= 15 is 0 Å². The summed E-state index contributed by atoms with van der Waals surface area (Å²) in [6, 6.07) is 0. The molecule has 0 aliphatic heterocycles. The molecule has 0 spiro atoms. The van der Waals surface area contributed by atoms with E-state index in [9.17, 15) is 4.79 Å². The molecule has 0 N–H and O–H groups in total. The van der Waals surface area contributed by atoms with Crippen LogP contribution in [0.3, 0.4) is 0 Å². The van der Waals surface area contributed by atoms with Crippen LogP contribution in [-0.2, 0) is 9.32 Å². The molecule has 0 amide bonds. The van der Waals surface area contributed by atoms with Crippen LogP contribution in [0.5, 0.6) is 0 Å². The second-order valence-corrected chi connectivity index (χ2v) is 15.0. The van der Waals surface area contributed by atoms with Gasteiger partial charge < -0.3 is 4.52 Å². The summed E-state index contributed by atoms with van der Waals surface area (Å²) in [5.41, 5.74) is 4.26. The lowest BCUT2D eigenvalue weighted by molar-refractivity contribution is -0.224. The molecule has 0 saturated heterocycles. The summed E-state index contributed by atoms with van der Waals surface area (Å²) in [5, 5.41) is 0. The van der Waals surface area contributed by atoms with Crippen LogP contribution in [0.1, 0.15) is 113 Å². The number of fused-ring (bicyclic) bond motifs is 7. The molecule has 5 rings (SSSR count). The zero-order valence-corrected chi connectivity index (χ0v) is 23.8. The van der Waals surface area contributed by atoms with Gasteiger partial charge in [0.2, 0.25) is 0 Å². The zero-order valence-electron chi connectivity index (χ0n) is 22.6. The third-order valence-electron chi connectivity index (χ3n) is 12.9. The summed E-state index contributed by atoms with van der Waals surface area (Å²) in [7, 11) is 2.57. The normalized spacial score (nSPS) is 51.2. The minimum atomic E-state index is 0.126. The Bertz CT molecular complexity index is 888. The Morgan fingerprint density at radius 1 is 0.848 bits per heavy atom. The minimum Gasteiger partial charge on any atom is -0.362 e. The van der Waals surface area contributed by atoms with Crippen LogP contribution < -0.4 is 0 Å². The Morgan fingerprint density at radius 3 is 2.18 bits per heavy atom. The van der Waals surface area contributed by atoms with Crippen molar-refractivity contribution < 1.29 is 9.32 Å². The average Bonchev–Trinajstić information content (AvgIpc) is 2.99. The van der Waals surface area contributed by atoms with Gasteiger partial charge in [-0.25, -0.2) is 0 Å². The van der Waals surface area contributed by atoms with Crippen LogP contribution in [0.4, 0.5) is 0 Å². The van der Waals surface area contributed by atoms with Crippen LogP contribution in [0.15, 0.2) is 11.1 Å². The zero-order chi connectivity index (χ0) is 24.2. The molecule has 3 heteroatoms. The first-order chi connectivity index (χ1) is 15.3. The maximum Gasteiger partial charge on any atom is 0.159 e. The third kappa shape index (κ3) is 2.95. The number of allylic oxidation sites excluding steroid dienone is 2. The summed E-state index contributed by atoms with van der Waals surface area (Å²) in [4.78, 5) is 13.2. The SMILES string of the molecule is CC(C)C1=C2[C@H]3CC[C@@H]4[C@@]5(C)CC[C@H](OP)C(C)(C)[C@@H]5CC[C@@]4(C)[C@]3(C)CC[C@@]2(C)CC1=O. The van der Waals surface area contributed by atoms with Crippen molar-refractivity contribution >= 4 is 15.2 Å². The van der Waals surface area contributed by atoms with E-state index in [4.69, 9.17) is 4.52 Å². The van der Waals surface area contributed by atoms with Gasteiger partial charge in [-0.2, -0.15) is 0 Å². The molecule has 5 aliphatic carbocycles. The molecule has 2 nitrogen and oxygen atoms in total. The van der Waals surface area contributed by atoms with Gasteiger partial charge in [0.1, 0.15) is 0 Å². The van der Waals surface area contributed by atoms with E-state index in [-0.39, 0.29) is 10.8 Å². The van der Waals surface area contributed by atoms with Crippen molar-refractivity contribution in [2.24, 2.45) is 50.7 Å². The van der Waals surface area contributed by atoms with E-state index in [0.29, 0.717) is 40.0 Å². The van der Waals surface area contributed by atoms with Crippen molar-refractivity contribution in [3.63, 3.8) is 0 Å². The molecule has 1 unspecified atom stereocenters. The number of carbonyl (C=O) groups excluding carboxylic acids is 1. The van der Waals surface area contributed by atoms with Gasteiger partial charge in [0.25, 0.3) is 0 Å². The Balaban J connectivity index is 1.58. The third-order valence-corrected chi connectivity index (χ3v) is 13.2. The average molecular weight is 473 g/mol. The number of ketones is 1. The highest BCUT2D eigenvalue weighted by Crippen LogP contribution is 2.76. The summed E-state index contributed by atoms with van der Waals surface area (Å²) in [6.07, 6.45) is 11.4. The highest BCUT2D eigenvalue weighted by molar-refractivity contribution is 7.09. The highest BCUT2D eigenvalue weighted by atomic mass is 31.0. The molecule has 0 radical (unpaired) electrons. The van der Waals surface area contributed by atoms with Gasteiger partial charge in [0.05, 0.1) is 6.10 Å². The van der Waals surface area contributed by atoms with Gasteiger partial charge in [-0.15, -0.1) is 0 Å². The number of hydrogen-bond donors (Lipinski definition) is 0. The maximum atomic E-state index is 13.2. The lowest BCUT2D eigenvalue weighted by atomic mass is 9.33. The van der Waals surface area contributed by atoms with Crippen molar-refractivity contribution in [1.29, 1.82) is 0 Å². The standard InChI is InChI=1S/C30H49O2P/c1-18(2)24-20(31)17-27(5)15-16-29(7)19(25(24)27)9-10-22-28(6)13-12-23(32-33)26(3,4)21(28)11-14-30(22,29)8/h18-19,21-23H,9-17,33H2,1-8H3/t19-,21+,22-,23+,27+,28+,29-,30-/m1/s1. The molecule has 0 aromatic rings. The van der Waals surface area contributed by atoms with Gasteiger partial charge >= 0.3 is 0 Å². The van der Waals surface area contributed by atoms with Gasteiger partial charge in [-0.05, 0) is 108 Å². The summed E-state index contributed by atoms with van der Waals surface area (Å²) < 4.78 is 5.95. The lowest BCUT2D eigenvalue weighted by Gasteiger charge is -2.72. The van der Waals surface area contributed by atoms with Crippen LogP contribution >= 0.6 is 9.47 Å². The monoisotopic (exact) mass is 472 g/mol. The van der Waals surface area contributed by atoms with Crippen LogP contribution in [-0.4, -0.2) is 11.9 Å². The fourth-order valence-corrected chi connectivity index (χ4v) is 11.6. The number of rotatable bonds is 2. The molecule has 0 aromatic heterocycles.